The molecule has 0 aliphatic carbocycles. The van der Waals surface area contributed by atoms with Crippen molar-refractivity contribution in [3.63, 3.8) is 0 Å². The zero-order chi connectivity index (χ0) is 14.5. The lowest BCUT2D eigenvalue weighted by atomic mass is 10.2. The van der Waals surface area contributed by atoms with E-state index in [1.807, 2.05) is 13.8 Å². The Labute approximate surface area is 124 Å². The molecule has 0 aromatic carbocycles. The average molecular weight is 293 g/mol. The second-order valence-corrected chi connectivity index (χ2v) is 6.17. The zero-order valence-corrected chi connectivity index (χ0v) is 13.5. The molecule has 0 unspecified atom stereocenters. The largest absolute Gasteiger partial charge is 0.465 e. The molecule has 1 N–H and O–H groups in total. The highest BCUT2D eigenvalue weighted by Crippen LogP contribution is 2.17. The monoisotopic (exact) mass is 293 g/mol. The van der Waals surface area contributed by atoms with E-state index in [1.54, 1.807) is 11.3 Å². The lowest BCUT2D eigenvalue weighted by Crippen LogP contribution is -2.17. The van der Waals surface area contributed by atoms with Crippen LogP contribution in [0.4, 0.5) is 0 Å². The summed E-state index contributed by atoms with van der Waals surface area (Å²) >= 11 is 1.70. The molecule has 2 aromatic rings. The number of nitrogens with one attached hydrogen (secondary N) is 1. The van der Waals surface area contributed by atoms with Gasteiger partial charge in [0.2, 0.25) is 0 Å². The maximum Gasteiger partial charge on any atom is 0.118 e. The van der Waals surface area contributed by atoms with Gasteiger partial charge in [-0.3, -0.25) is 4.90 Å². The molecule has 110 valence electrons. The molecule has 2 heterocycles. The van der Waals surface area contributed by atoms with Gasteiger partial charge < -0.3 is 9.73 Å². The first-order chi connectivity index (χ1) is 9.58. The Balaban J connectivity index is 1.92. The van der Waals surface area contributed by atoms with E-state index in [0.717, 1.165) is 48.4 Å². The quantitative estimate of drug-likeness (QED) is 0.851. The van der Waals surface area contributed by atoms with Gasteiger partial charge in [-0.1, -0.05) is 6.92 Å². The van der Waals surface area contributed by atoms with Crippen LogP contribution in [-0.4, -0.2) is 23.5 Å². The van der Waals surface area contributed by atoms with Gasteiger partial charge in [0.1, 0.15) is 11.5 Å². The highest BCUT2D eigenvalue weighted by molar-refractivity contribution is 7.09. The lowest BCUT2D eigenvalue weighted by Gasteiger charge is -2.13. The molecule has 0 saturated heterocycles. The smallest absolute Gasteiger partial charge is 0.118 e. The second-order valence-electron chi connectivity index (χ2n) is 5.10. The summed E-state index contributed by atoms with van der Waals surface area (Å²) in [5.41, 5.74) is 2.38. The Kier molecular flexibility index (Phi) is 5.34. The first kappa shape index (κ1) is 15.2. The van der Waals surface area contributed by atoms with Gasteiger partial charge in [0.05, 0.1) is 17.2 Å². The van der Waals surface area contributed by atoms with E-state index in [9.17, 15) is 0 Å². The summed E-state index contributed by atoms with van der Waals surface area (Å²) in [6.07, 6.45) is 0. The predicted molar refractivity (Wildman–Crippen MR) is 82.8 cm³/mol. The van der Waals surface area contributed by atoms with Crippen molar-refractivity contribution in [2.45, 2.75) is 40.4 Å². The van der Waals surface area contributed by atoms with Gasteiger partial charge in [0.25, 0.3) is 0 Å². The molecule has 5 heteroatoms. The molecular weight excluding hydrogens is 270 g/mol. The summed E-state index contributed by atoms with van der Waals surface area (Å²) in [6.45, 7) is 9.69. The molecule has 0 spiro atoms. The van der Waals surface area contributed by atoms with Crippen molar-refractivity contribution in [3.8, 4) is 0 Å². The molecule has 2 rings (SSSR count). The van der Waals surface area contributed by atoms with Crippen LogP contribution in [0.25, 0.3) is 0 Å². The maximum atomic E-state index is 5.83. The third-order valence-corrected chi connectivity index (χ3v) is 3.98. The van der Waals surface area contributed by atoms with Crippen molar-refractivity contribution in [1.29, 1.82) is 0 Å². The molecule has 0 fully saturated rings. The highest BCUT2D eigenvalue weighted by atomic mass is 32.1. The van der Waals surface area contributed by atoms with Gasteiger partial charge in [-0.15, -0.1) is 11.3 Å². The molecule has 0 bridgehead atoms. The van der Waals surface area contributed by atoms with Crippen LogP contribution in [0, 0.1) is 13.8 Å². The first-order valence-electron chi connectivity index (χ1n) is 6.97. The molecule has 20 heavy (non-hydrogen) atoms. The van der Waals surface area contributed by atoms with E-state index in [1.165, 1.54) is 5.56 Å². The maximum absolute atomic E-state index is 5.83. The number of furan rings is 1. The Morgan fingerprint density at radius 2 is 2.15 bits per heavy atom. The van der Waals surface area contributed by atoms with E-state index in [2.05, 4.69) is 40.6 Å². The number of thiazole rings is 1. The van der Waals surface area contributed by atoms with Gasteiger partial charge in [0.15, 0.2) is 0 Å². The minimum Gasteiger partial charge on any atom is -0.465 e. The van der Waals surface area contributed by atoms with Crippen molar-refractivity contribution < 1.29 is 4.42 Å². The van der Waals surface area contributed by atoms with Crippen LogP contribution in [0.5, 0.6) is 0 Å². The van der Waals surface area contributed by atoms with Crippen molar-refractivity contribution in [2.24, 2.45) is 0 Å². The fourth-order valence-electron chi connectivity index (χ4n) is 2.18. The van der Waals surface area contributed by atoms with Gasteiger partial charge in [0, 0.05) is 24.0 Å². The molecule has 0 saturated carbocycles. The number of rotatable bonds is 7. The highest BCUT2D eigenvalue weighted by Gasteiger charge is 2.10. The molecule has 4 nitrogen and oxygen atoms in total. The lowest BCUT2D eigenvalue weighted by molar-refractivity contribution is 0.282. The van der Waals surface area contributed by atoms with Crippen LogP contribution < -0.4 is 5.32 Å². The van der Waals surface area contributed by atoms with E-state index in [4.69, 9.17) is 4.42 Å². The minimum atomic E-state index is 0.809. The van der Waals surface area contributed by atoms with Crippen molar-refractivity contribution in [3.05, 3.63) is 39.2 Å². The molecule has 0 amide bonds. The Bertz CT molecular complexity index is 547. The fourth-order valence-corrected chi connectivity index (χ4v) is 2.78. The average Bonchev–Trinajstić information content (AvgIpc) is 2.93. The summed E-state index contributed by atoms with van der Waals surface area (Å²) in [5.74, 6) is 2.03. The van der Waals surface area contributed by atoms with Gasteiger partial charge in [-0.05, 0) is 33.5 Å². The Morgan fingerprint density at radius 3 is 2.80 bits per heavy atom. The van der Waals surface area contributed by atoms with Crippen molar-refractivity contribution >= 4 is 11.3 Å². The normalized spacial score (nSPS) is 11.4. The van der Waals surface area contributed by atoms with Crippen LogP contribution in [0.3, 0.4) is 0 Å². The fraction of sp³-hybridized carbons (Fsp3) is 0.533. The summed E-state index contributed by atoms with van der Waals surface area (Å²) < 4.78 is 5.83. The van der Waals surface area contributed by atoms with Crippen LogP contribution in [0.1, 0.15) is 34.7 Å². The van der Waals surface area contributed by atoms with Crippen LogP contribution in [0.2, 0.25) is 0 Å². The predicted octanol–water partition coefficient (Wildman–Crippen LogP) is 3.09. The summed E-state index contributed by atoms with van der Waals surface area (Å²) in [6, 6.07) is 2.15. The summed E-state index contributed by atoms with van der Waals surface area (Å²) in [4.78, 5) is 6.72. The second kappa shape index (κ2) is 7.02. The number of aryl methyl sites for hydroxylation is 2. The minimum absolute atomic E-state index is 0.809. The molecular formula is C15H23N3OS. The first-order valence-corrected chi connectivity index (χ1v) is 7.85. The molecule has 0 aliphatic heterocycles. The van der Waals surface area contributed by atoms with Gasteiger partial charge in [-0.2, -0.15) is 0 Å². The van der Waals surface area contributed by atoms with Gasteiger partial charge in [-0.25, -0.2) is 4.98 Å². The summed E-state index contributed by atoms with van der Waals surface area (Å²) in [7, 11) is 2.09. The topological polar surface area (TPSA) is 41.3 Å². The Hall–Kier alpha value is -1.17. The number of nitrogens with zero attached hydrogens (tertiary/aromatic N) is 2. The zero-order valence-electron chi connectivity index (χ0n) is 12.7. The molecule has 0 atom stereocenters. The third kappa shape index (κ3) is 4.16. The van der Waals surface area contributed by atoms with Crippen LogP contribution in [-0.2, 0) is 19.6 Å². The summed E-state index contributed by atoms with van der Waals surface area (Å²) in [5, 5.41) is 6.57. The van der Waals surface area contributed by atoms with Crippen molar-refractivity contribution in [1.82, 2.24) is 15.2 Å². The van der Waals surface area contributed by atoms with Crippen LogP contribution >= 0.6 is 11.3 Å². The number of hydrogen-bond donors (Lipinski definition) is 1. The Morgan fingerprint density at radius 1 is 1.35 bits per heavy atom. The van der Waals surface area contributed by atoms with Crippen molar-refractivity contribution in [2.75, 3.05) is 13.6 Å². The van der Waals surface area contributed by atoms with E-state index < -0.39 is 0 Å². The number of aromatic nitrogens is 1. The van der Waals surface area contributed by atoms with Gasteiger partial charge >= 0.3 is 0 Å². The molecule has 2 aromatic heterocycles. The standard InChI is InChI=1S/C15H23N3OS/c1-5-16-7-13-6-15(19-11(13)2)9-18(4)8-14-10-20-12(3)17-14/h6,10,16H,5,7-9H2,1-4H3. The third-order valence-electron chi connectivity index (χ3n) is 3.16. The van der Waals surface area contributed by atoms with E-state index >= 15 is 0 Å². The molecule has 0 radical (unpaired) electrons. The van der Waals surface area contributed by atoms with E-state index in [-0.39, 0.29) is 0 Å². The van der Waals surface area contributed by atoms with Crippen LogP contribution in [0.15, 0.2) is 15.9 Å². The molecule has 0 aliphatic rings. The number of hydrogen-bond acceptors (Lipinski definition) is 5. The van der Waals surface area contributed by atoms with E-state index in [0.29, 0.717) is 0 Å². The SMILES string of the molecule is CCNCc1cc(CN(C)Cc2csc(C)n2)oc1C.